The molecular formula is C18H18N4OS. The number of aryl methyl sites for hydroxylation is 2. The molecule has 3 heterocycles. The number of hydrogen-bond acceptors (Lipinski definition) is 3. The molecule has 122 valence electrons. The third-order valence-electron chi connectivity index (χ3n) is 5.24. The second kappa shape index (κ2) is 4.89. The van der Waals surface area contributed by atoms with Crippen LogP contribution in [0.3, 0.4) is 0 Å². The highest BCUT2D eigenvalue weighted by Gasteiger charge is 2.26. The normalized spacial score (nSPS) is 16.8. The van der Waals surface area contributed by atoms with Gasteiger partial charge in [0, 0.05) is 34.1 Å². The highest BCUT2D eigenvalue weighted by molar-refractivity contribution is 8.00. The van der Waals surface area contributed by atoms with Crippen LogP contribution in [0.15, 0.2) is 17.0 Å². The van der Waals surface area contributed by atoms with Crippen LogP contribution >= 0.6 is 11.8 Å². The van der Waals surface area contributed by atoms with Gasteiger partial charge < -0.3 is 9.88 Å². The van der Waals surface area contributed by atoms with Crippen LogP contribution in [0.2, 0.25) is 0 Å². The van der Waals surface area contributed by atoms with E-state index in [-0.39, 0.29) is 5.91 Å². The van der Waals surface area contributed by atoms with Gasteiger partial charge in [-0.25, -0.2) is 0 Å². The zero-order chi connectivity index (χ0) is 16.4. The molecule has 0 unspecified atom stereocenters. The van der Waals surface area contributed by atoms with Gasteiger partial charge in [-0.15, -0.1) is 11.8 Å². The van der Waals surface area contributed by atoms with E-state index in [1.807, 2.05) is 7.05 Å². The zero-order valence-corrected chi connectivity index (χ0v) is 14.5. The van der Waals surface area contributed by atoms with E-state index in [9.17, 15) is 4.79 Å². The van der Waals surface area contributed by atoms with Crippen LogP contribution in [0.1, 0.15) is 23.2 Å². The third kappa shape index (κ3) is 1.83. The van der Waals surface area contributed by atoms with Gasteiger partial charge >= 0.3 is 0 Å². The molecule has 1 amide bonds. The molecule has 1 aliphatic carbocycles. The van der Waals surface area contributed by atoms with Gasteiger partial charge in [0.05, 0.1) is 17.1 Å². The molecule has 0 saturated heterocycles. The van der Waals surface area contributed by atoms with Crippen LogP contribution in [-0.4, -0.2) is 33.9 Å². The lowest BCUT2D eigenvalue weighted by molar-refractivity contribution is -0.116. The molecule has 5 nitrogen and oxygen atoms in total. The first-order valence-electron chi connectivity index (χ1n) is 8.25. The molecule has 2 aromatic heterocycles. The number of aromatic amines is 2. The SMILES string of the molecule is Cc1[nH]nc2c1CCCc1c-2[nH]c2cc3c(cc12)SCC(=O)N3C. The van der Waals surface area contributed by atoms with Crippen molar-refractivity contribution in [3.63, 3.8) is 0 Å². The van der Waals surface area contributed by atoms with Crippen molar-refractivity contribution in [3.05, 3.63) is 29.0 Å². The summed E-state index contributed by atoms with van der Waals surface area (Å²) in [5.74, 6) is 0.676. The molecule has 5 rings (SSSR count). The molecule has 2 aliphatic rings. The largest absolute Gasteiger partial charge is 0.353 e. The van der Waals surface area contributed by atoms with Crippen molar-refractivity contribution in [2.75, 3.05) is 17.7 Å². The summed E-state index contributed by atoms with van der Waals surface area (Å²) >= 11 is 1.64. The van der Waals surface area contributed by atoms with Gasteiger partial charge in [0.15, 0.2) is 0 Å². The Labute approximate surface area is 143 Å². The van der Waals surface area contributed by atoms with Crippen LogP contribution in [-0.2, 0) is 17.6 Å². The van der Waals surface area contributed by atoms with Crippen molar-refractivity contribution < 1.29 is 4.79 Å². The zero-order valence-electron chi connectivity index (χ0n) is 13.7. The first-order chi connectivity index (χ1) is 11.6. The number of nitrogens with zero attached hydrogens (tertiary/aromatic N) is 2. The Morgan fingerprint density at radius 1 is 1.25 bits per heavy atom. The monoisotopic (exact) mass is 338 g/mol. The molecule has 0 bridgehead atoms. The predicted octanol–water partition coefficient (Wildman–Crippen LogP) is 3.42. The molecule has 0 fully saturated rings. The second-order valence-corrected chi connectivity index (χ2v) is 7.63. The molecule has 0 saturated carbocycles. The molecule has 3 aromatic rings. The van der Waals surface area contributed by atoms with Gasteiger partial charge in [0.25, 0.3) is 0 Å². The highest BCUT2D eigenvalue weighted by atomic mass is 32.2. The Hall–Kier alpha value is -2.21. The minimum absolute atomic E-state index is 0.158. The van der Waals surface area contributed by atoms with Crippen molar-refractivity contribution in [1.29, 1.82) is 0 Å². The Kier molecular flexibility index (Phi) is 2.89. The Morgan fingerprint density at radius 2 is 2.08 bits per heavy atom. The Morgan fingerprint density at radius 3 is 2.96 bits per heavy atom. The van der Waals surface area contributed by atoms with E-state index in [1.165, 1.54) is 21.4 Å². The van der Waals surface area contributed by atoms with E-state index in [2.05, 4.69) is 34.2 Å². The summed E-state index contributed by atoms with van der Waals surface area (Å²) in [6.07, 6.45) is 3.26. The number of anilines is 1. The average Bonchev–Trinajstić information content (AvgIpc) is 3.05. The van der Waals surface area contributed by atoms with Gasteiger partial charge in [-0.05, 0) is 43.9 Å². The fourth-order valence-corrected chi connectivity index (χ4v) is 4.90. The van der Waals surface area contributed by atoms with Crippen molar-refractivity contribution in [2.45, 2.75) is 31.1 Å². The lowest BCUT2D eigenvalue weighted by atomic mass is 10.1. The maximum Gasteiger partial charge on any atom is 0.237 e. The van der Waals surface area contributed by atoms with Gasteiger partial charge in [0.1, 0.15) is 5.69 Å². The summed E-state index contributed by atoms with van der Waals surface area (Å²) in [6, 6.07) is 4.36. The molecule has 24 heavy (non-hydrogen) atoms. The quantitative estimate of drug-likeness (QED) is 0.660. The van der Waals surface area contributed by atoms with Gasteiger partial charge in [0.2, 0.25) is 5.91 Å². The summed E-state index contributed by atoms with van der Waals surface area (Å²) in [6.45, 7) is 2.09. The van der Waals surface area contributed by atoms with Crippen molar-refractivity contribution >= 4 is 34.3 Å². The number of nitrogens with one attached hydrogen (secondary N) is 2. The predicted molar refractivity (Wildman–Crippen MR) is 96.8 cm³/mol. The average molecular weight is 338 g/mol. The van der Waals surface area contributed by atoms with E-state index in [0.717, 1.165) is 47.5 Å². The van der Waals surface area contributed by atoms with Crippen LogP contribution in [0.25, 0.3) is 22.3 Å². The van der Waals surface area contributed by atoms with Crippen LogP contribution < -0.4 is 4.90 Å². The summed E-state index contributed by atoms with van der Waals surface area (Å²) in [5.41, 5.74) is 8.14. The highest BCUT2D eigenvalue weighted by Crippen LogP contribution is 2.42. The standard InChI is InChI=1S/C18H18N4OS/c1-9-10-4-3-5-11-12-6-15-14(22(2)16(23)8-24-15)7-13(12)19-17(11)18(10)21-20-9/h6-7,19H,3-5,8H2,1-2H3,(H,20,21). The second-order valence-electron chi connectivity index (χ2n) is 6.61. The molecule has 0 spiro atoms. The topological polar surface area (TPSA) is 64.8 Å². The number of H-pyrrole nitrogens is 2. The number of aromatic nitrogens is 3. The maximum absolute atomic E-state index is 12.0. The fraction of sp³-hybridized carbons (Fsp3) is 0.333. The molecule has 6 heteroatoms. The molecule has 0 radical (unpaired) electrons. The van der Waals surface area contributed by atoms with E-state index in [0.29, 0.717) is 5.75 Å². The fourth-order valence-electron chi connectivity index (χ4n) is 3.88. The number of carbonyl (C=O) groups excluding carboxylic acids is 1. The molecular weight excluding hydrogens is 320 g/mol. The number of thioether (sulfide) groups is 1. The molecule has 1 aromatic carbocycles. The summed E-state index contributed by atoms with van der Waals surface area (Å²) in [7, 11) is 1.86. The van der Waals surface area contributed by atoms with E-state index < -0.39 is 0 Å². The molecule has 2 N–H and O–H groups in total. The minimum atomic E-state index is 0.158. The van der Waals surface area contributed by atoms with E-state index in [4.69, 9.17) is 0 Å². The minimum Gasteiger partial charge on any atom is -0.353 e. The van der Waals surface area contributed by atoms with Gasteiger partial charge in [-0.1, -0.05) is 0 Å². The number of carbonyl (C=O) groups is 1. The van der Waals surface area contributed by atoms with Crippen molar-refractivity contribution in [3.8, 4) is 11.4 Å². The van der Waals surface area contributed by atoms with E-state index >= 15 is 0 Å². The lowest BCUT2D eigenvalue weighted by Gasteiger charge is -2.25. The lowest BCUT2D eigenvalue weighted by Crippen LogP contribution is -2.31. The number of amides is 1. The van der Waals surface area contributed by atoms with Crippen LogP contribution in [0.4, 0.5) is 5.69 Å². The number of benzene rings is 1. The Bertz CT molecular complexity index is 1000. The van der Waals surface area contributed by atoms with Gasteiger partial charge in [-0.3, -0.25) is 9.89 Å². The van der Waals surface area contributed by atoms with Crippen molar-refractivity contribution in [1.82, 2.24) is 15.2 Å². The third-order valence-corrected chi connectivity index (χ3v) is 6.27. The summed E-state index contributed by atoms with van der Waals surface area (Å²) < 4.78 is 0. The van der Waals surface area contributed by atoms with Crippen LogP contribution in [0, 0.1) is 6.92 Å². The van der Waals surface area contributed by atoms with Crippen molar-refractivity contribution in [2.24, 2.45) is 0 Å². The number of rotatable bonds is 0. The number of hydrogen-bond donors (Lipinski definition) is 2. The maximum atomic E-state index is 12.0. The molecule has 1 aliphatic heterocycles. The van der Waals surface area contributed by atoms with E-state index in [1.54, 1.807) is 16.7 Å². The molecule has 0 atom stereocenters. The van der Waals surface area contributed by atoms with Crippen LogP contribution in [0.5, 0.6) is 0 Å². The summed E-state index contributed by atoms with van der Waals surface area (Å²) in [4.78, 5) is 18.5. The first kappa shape index (κ1) is 14.2. The smallest absolute Gasteiger partial charge is 0.237 e. The summed E-state index contributed by atoms with van der Waals surface area (Å²) in [5, 5.41) is 8.96. The Balaban J connectivity index is 1.78. The number of fused-ring (bicyclic) bond motifs is 6. The first-order valence-corrected chi connectivity index (χ1v) is 9.24. The van der Waals surface area contributed by atoms with Gasteiger partial charge in [-0.2, -0.15) is 5.10 Å².